The molecule has 4 nitrogen and oxygen atoms in total. The molecule has 1 heterocycles. The third-order valence-corrected chi connectivity index (χ3v) is 2.85. The second-order valence-electron chi connectivity index (χ2n) is 4.11. The maximum atomic E-state index is 11.6. The van der Waals surface area contributed by atoms with Gasteiger partial charge >= 0.3 is 5.97 Å². The van der Waals surface area contributed by atoms with Gasteiger partial charge in [-0.05, 0) is 42.8 Å². The van der Waals surface area contributed by atoms with E-state index in [0.29, 0.717) is 17.9 Å². The van der Waals surface area contributed by atoms with E-state index in [-0.39, 0.29) is 5.97 Å². The largest absolute Gasteiger partial charge is 0.462 e. The van der Waals surface area contributed by atoms with Gasteiger partial charge in [-0.3, -0.25) is 0 Å². The van der Waals surface area contributed by atoms with Crippen molar-refractivity contribution >= 4 is 12.0 Å². The summed E-state index contributed by atoms with van der Waals surface area (Å²) in [6.45, 7) is 5.80. The minimum Gasteiger partial charge on any atom is -0.462 e. The number of rotatable bonds is 4. The van der Waals surface area contributed by atoms with Crippen LogP contribution < -0.4 is 0 Å². The van der Waals surface area contributed by atoms with E-state index in [1.165, 1.54) is 0 Å². The molecule has 4 heteroatoms. The molecule has 0 atom stereocenters. The molecule has 0 saturated carbocycles. The number of ether oxygens (including phenoxy) is 1. The standard InChI is InChI=1S/C16H14N2O2/c1-3-12-9-15(10-17)18(11-12)14-7-5-13(6-8-14)16(19)20-4-2/h3,5-9,11H,1,4H2,2H3. The summed E-state index contributed by atoms with van der Waals surface area (Å²) in [5.74, 6) is -0.348. The average molecular weight is 266 g/mol. The van der Waals surface area contributed by atoms with Crippen molar-refractivity contribution in [2.75, 3.05) is 6.61 Å². The van der Waals surface area contributed by atoms with Crippen LogP contribution in [0.4, 0.5) is 0 Å². The molecule has 0 radical (unpaired) electrons. The van der Waals surface area contributed by atoms with Gasteiger partial charge in [-0.15, -0.1) is 0 Å². The molecule has 20 heavy (non-hydrogen) atoms. The quantitative estimate of drug-likeness (QED) is 0.799. The normalized spacial score (nSPS) is 9.80. The molecule has 2 rings (SSSR count). The molecule has 0 fully saturated rings. The molecule has 2 aromatic rings. The zero-order valence-corrected chi connectivity index (χ0v) is 11.2. The van der Waals surface area contributed by atoms with Gasteiger partial charge in [-0.25, -0.2) is 4.79 Å². The maximum absolute atomic E-state index is 11.6. The third kappa shape index (κ3) is 2.62. The minimum absolute atomic E-state index is 0.347. The first kappa shape index (κ1) is 13.6. The average Bonchev–Trinajstić information content (AvgIpc) is 2.91. The van der Waals surface area contributed by atoms with Gasteiger partial charge < -0.3 is 9.30 Å². The molecule has 0 aliphatic heterocycles. The molecule has 0 bridgehead atoms. The van der Waals surface area contributed by atoms with Crippen LogP contribution in [0.2, 0.25) is 0 Å². The Bertz CT molecular complexity index is 675. The molecule has 100 valence electrons. The molecule has 0 spiro atoms. The molecular formula is C16H14N2O2. The van der Waals surface area contributed by atoms with Gasteiger partial charge in [-0.2, -0.15) is 5.26 Å². The van der Waals surface area contributed by atoms with E-state index in [4.69, 9.17) is 10.00 Å². The first-order valence-corrected chi connectivity index (χ1v) is 6.22. The Hall–Kier alpha value is -2.80. The smallest absolute Gasteiger partial charge is 0.338 e. The molecule has 1 aromatic carbocycles. The van der Waals surface area contributed by atoms with Crippen LogP contribution >= 0.6 is 0 Å². The Labute approximate surface area is 117 Å². The lowest BCUT2D eigenvalue weighted by molar-refractivity contribution is 0.0526. The highest BCUT2D eigenvalue weighted by Gasteiger charge is 2.08. The van der Waals surface area contributed by atoms with Crippen LogP contribution in [0.1, 0.15) is 28.5 Å². The molecule has 1 aromatic heterocycles. The van der Waals surface area contributed by atoms with Crippen molar-refractivity contribution in [3.8, 4) is 11.8 Å². The zero-order chi connectivity index (χ0) is 14.5. The predicted octanol–water partition coefficient (Wildman–Crippen LogP) is 3.17. The predicted molar refractivity (Wildman–Crippen MR) is 76.5 cm³/mol. The summed E-state index contributed by atoms with van der Waals surface area (Å²) in [5.41, 5.74) is 2.69. The second kappa shape index (κ2) is 5.89. The fraction of sp³-hybridized carbons (Fsp3) is 0.125. The lowest BCUT2D eigenvalue weighted by atomic mass is 10.2. The van der Waals surface area contributed by atoms with Crippen LogP contribution in [0, 0.1) is 11.3 Å². The van der Waals surface area contributed by atoms with Crippen molar-refractivity contribution in [3.63, 3.8) is 0 Å². The van der Waals surface area contributed by atoms with E-state index in [9.17, 15) is 4.79 Å². The number of hydrogen-bond donors (Lipinski definition) is 0. The number of benzene rings is 1. The topological polar surface area (TPSA) is 55.0 Å². The molecule has 0 unspecified atom stereocenters. The summed E-state index contributed by atoms with van der Waals surface area (Å²) in [5, 5.41) is 9.12. The Morgan fingerprint density at radius 3 is 2.70 bits per heavy atom. The number of aromatic nitrogens is 1. The van der Waals surface area contributed by atoms with Crippen LogP contribution in [0.15, 0.2) is 43.1 Å². The first-order valence-electron chi connectivity index (χ1n) is 6.22. The van der Waals surface area contributed by atoms with Crippen LogP contribution in [0.5, 0.6) is 0 Å². The van der Waals surface area contributed by atoms with Gasteiger partial charge in [0.2, 0.25) is 0 Å². The van der Waals surface area contributed by atoms with Gasteiger partial charge in [-0.1, -0.05) is 12.7 Å². The number of nitriles is 1. The summed E-state index contributed by atoms with van der Waals surface area (Å²) in [6, 6.07) is 10.8. The lowest BCUT2D eigenvalue weighted by Crippen LogP contribution is -2.04. The van der Waals surface area contributed by atoms with Crippen LogP contribution in [0.3, 0.4) is 0 Å². The second-order valence-corrected chi connectivity index (χ2v) is 4.11. The molecule has 0 aliphatic carbocycles. The zero-order valence-electron chi connectivity index (χ0n) is 11.2. The number of hydrogen-bond acceptors (Lipinski definition) is 3. The molecular weight excluding hydrogens is 252 g/mol. The monoisotopic (exact) mass is 266 g/mol. The third-order valence-electron chi connectivity index (χ3n) is 2.85. The molecule has 0 aliphatic rings. The first-order chi connectivity index (χ1) is 9.69. The van der Waals surface area contributed by atoms with Crippen molar-refractivity contribution in [3.05, 3.63) is 59.9 Å². The number of carbonyl (C=O) groups is 1. The van der Waals surface area contributed by atoms with Gasteiger partial charge in [0.05, 0.1) is 12.2 Å². The SMILES string of the molecule is C=Cc1cc(C#N)n(-c2ccc(C(=O)OCC)cc2)c1. The number of carbonyl (C=O) groups excluding carboxylic acids is 1. The number of esters is 1. The van der Waals surface area contributed by atoms with Crippen LogP contribution in [-0.2, 0) is 4.74 Å². The van der Waals surface area contributed by atoms with Crippen molar-refractivity contribution in [1.82, 2.24) is 4.57 Å². The maximum Gasteiger partial charge on any atom is 0.338 e. The highest BCUT2D eigenvalue weighted by molar-refractivity contribution is 5.89. The van der Waals surface area contributed by atoms with E-state index in [2.05, 4.69) is 12.6 Å². The van der Waals surface area contributed by atoms with Gasteiger partial charge in [0.1, 0.15) is 11.8 Å². The van der Waals surface area contributed by atoms with E-state index < -0.39 is 0 Å². The summed E-state index contributed by atoms with van der Waals surface area (Å²) < 4.78 is 6.68. The highest BCUT2D eigenvalue weighted by atomic mass is 16.5. The fourth-order valence-corrected chi connectivity index (χ4v) is 1.87. The van der Waals surface area contributed by atoms with E-state index in [1.807, 2.05) is 6.20 Å². The van der Waals surface area contributed by atoms with Crippen molar-refractivity contribution in [1.29, 1.82) is 5.26 Å². The summed E-state index contributed by atoms with van der Waals surface area (Å²) in [4.78, 5) is 11.6. The van der Waals surface area contributed by atoms with Gasteiger partial charge in [0.15, 0.2) is 0 Å². The van der Waals surface area contributed by atoms with Gasteiger partial charge in [0.25, 0.3) is 0 Å². The van der Waals surface area contributed by atoms with Crippen LogP contribution in [0.25, 0.3) is 11.8 Å². The summed E-state index contributed by atoms with van der Waals surface area (Å²) in [6.07, 6.45) is 3.51. The summed E-state index contributed by atoms with van der Waals surface area (Å²) >= 11 is 0. The Balaban J connectivity index is 2.35. The summed E-state index contributed by atoms with van der Waals surface area (Å²) in [7, 11) is 0. The van der Waals surface area contributed by atoms with E-state index in [0.717, 1.165) is 11.3 Å². The van der Waals surface area contributed by atoms with Crippen molar-refractivity contribution < 1.29 is 9.53 Å². The van der Waals surface area contributed by atoms with Crippen molar-refractivity contribution in [2.45, 2.75) is 6.92 Å². The number of nitrogens with zero attached hydrogens (tertiary/aromatic N) is 2. The molecule has 0 amide bonds. The lowest BCUT2D eigenvalue weighted by Gasteiger charge is -2.06. The molecule has 0 N–H and O–H groups in total. The van der Waals surface area contributed by atoms with Crippen molar-refractivity contribution in [2.24, 2.45) is 0 Å². The fourth-order valence-electron chi connectivity index (χ4n) is 1.87. The van der Waals surface area contributed by atoms with Gasteiger partial charge in [0, 0.05) is 11.9 Å². The highest BCUT2D eigenvalue weighted by Crippen LogP contribution is 2.17. The Kier molecular flexibility index (Phi) is 4.02. The molecule has 0 saturated heterocycles. The Morgan fingerprint density at radius 2 is 2.15 bits per heavy atom. The minimum atomic E-state index is -0.348. The van der Waals surface area contributed by atoms with E-state index >= 15 is 0 Å². The van der Waals surface area contributed by atoms with Crippen LogP contribution in [-0.4, -0.2) is 17.1 Å². The van der Waals surface area contributed by atoms with E-state index in [1.54, 1.807) is 47.9 Å². The Morgan fingerprint density at radius 1 is 1.45 bits per heavy atom.